The molecule has 1 aliphatic heterocycles. The molecule has 116 valence electrons. The summed E-state index contributed by atoms with van der Waals surface area (Å²) in [4.78, 5) is 12.0. The number of methoxy groups -OCH3 is 1. The average Bonchev–Trinajstić information content (AvgIpc) is 2.92. The Balaban J connectivity index is 1.78. The van der Waals surface area contributed by atoms with Crippen molar-refractivity contribution in [3.8, 4) is 0 Å². The van der Waals surface area contributed by atoms with Crippen LogP contribution < -0.4 is 5.32 Å². The minimum atomic E-state index is -0.0284. The largest absolute Gasteiger partial charge is 0.377 e. The van der Waals surface area contributed by atoms with Gasteiger partial charge in [-0.1, -0.05) is 38.1 Å². The van der Waals surface area contributed by atoms with Gasteiger partial charge in [0, 0.05) is 13.5 Å². The molecule has 0 unspecified atom stereocenters. The van der Waals surface area contributed by atoms with Crippen LogP contribution in [-0.2, 0) is 20.7 Å². The third-order valence-corrected chi connectivity index (χ3v) is 3.96. The number of rotatable bonds is 6. The monoisotopic (exact) mass is 291 g/mol. The number of hydrogen-bond acceptors (Lipinski definition) is 3. The molecule has 0 spiro atoms. The minimum absolute atomic E-state index is 0.0224. The highest BCUT2D eigenvalue weighted by molar-refractivity contribution is 5.76. The van der Waals surface area contributed by atoms with E-state index in [1.807, 2.05) is 0 Å². The van der Waals surface area contributed by atoms with Gasteiger partial charge in [0.05, 0.1) is 19.3 Å². The zero-order valence-corrected chi connectivity index (χ0v) is 13.1. The molecule has 2 atom stereocenters. The van der Waals surface area contributed by atoms with Crippen LogP contribution in [0.4, 0.5) is 0 Å². The van der Waals surface area contributed by atoms with Crippen molar-refractivity contribution in [3.05, 3.63) is 35.4 Å². The molecule has 2 rings (SSSR count). The Hall–Kier alpha value is -1.39. The first-order valence-corrected chi connectivity index (χ1v) is 7.59. The Bertz CT molecular complexity index is 456. The van der Waals surface area contributed by atoms with E-state index in [1.165, 1.54) is 11.1 Å². The van der Waals surface area contributed by atoms with Crippen molar-refractivity contribution in [1.82, 2.24) is 5.32 Å². The lowest BCUT2D eigenvalue weighted by Gasteiger charge is -2.17. The second-order valence-electron chi connectivity index (χ2n) is 5.88. The Morgan fingerprint density at radius 1 is 1.33 bits per heavy atom. The van der Waals surface area contributed by atoms with Crippen molar-refractivity contribution in [2.24, 2.45) is 0 Å². The van der Waals surface area contributed by atoms with E-state index >= 15 is 0 Å². The summed E-state index contributed by atoms with van der Waals surface area (Å²) in [5.74, 6) is 0.594. The quantitative estimate of drug-likeness (QED) is 0.874. The lowest BCUT2D eigenvalue weighted by molar-refractivity contribution is -0.122. The van der Waals surface area contributed by atoms with Crippen LogP contribution in [0.5, 0.6) is 0 Å². The molecule has 1 fully saturated rings. The van der Waals surface area contributed by atoms with E-state index < -0.39 is 0 Å². The molecule has 1 amide bonds. The van der Waals surface area contributed by atoms with Crippen LogP contribution in [0.15, 0.2) is 24.3 Å². The number of aryl methyl sites for hydroxylation is 1. The summed E-state index contributed by atoms with van der Waals surface area (Å²) in [6.45, 7) is 5.45. The summed E-state index contributed by atoms with van der Waals surface area (Å²) in [5.41, 5.74) is 2.52. The van der Waals surface area contributed by atoms with Crippen molar-refractivity contribution in [2.45, 2.75) is 44.8 Å². The standard InChI is InChI=1S/C17H25NO3/c1-12(2)14-7-4-13(5-8-14)6-9-17(19)18-15-10-21-11-16(15)20-3/h4-5,7-8,12,15-16H,6,9-11H2,1-3H3,(H,18,19)/t15-,16-/m1/s1. The van der Waals surface area contributed by atoms with Gasteiger partial charge in [0.2, 0.25) is 5.91 Å². The van der Waals surface area contributed by atoms with Crippen LogP contribution in [0.2, 0.25) is 0 Å². The molecule has 0 aliphatic carbocycles. The summed E-state index contributed by atoms with van der Waals surface area (Å²) >= 11 is 0. The van der Waals surface area contributed by atoms with Gasteiger partial charge in [-0.05, 0) is 23.5 Å². The summed E-state index contributed by atoms with van der Waals surface area (Å²) in [6.07, 6.45) is 1.22. The highest BCUT2D eigenvalue weighted by atomic mass is 16.5. The molecular formula is C17H25NO3. The highest BCUT2D eigenvalue weighted by Gasteiger charge is 2.29. The first-order valence-electron chi connectivity index (χ1n) is 7.59. The smallest absolute Gasteiger partial charge is 0.220 e. The Kier molecular flexibility index (Phi) is 5.76. The fourth-order valence-electron chi connectivity index (χ4n) is 2.51. The van der Waals surface area contributed by atoms with Gasteiger partial charge in [-0.25, -0.2) is 0 Å². The fraction of sp³-hybridized carbons (Fsp3) is 0.588. The van der Waals surface area contributed by atoms with E-state index in [2.05, 4.69) is 43.4 Å². The van der Waals surface area contributed by atoms with Crippen LogP contribution in [0.1, 0.15) is 37.3 Å². The summed E-state index contributed by atoms with van der Waals surface area (Å²) in [6, 6.07) is 8.48. The van der Waals surface area contributed by atoms with Crippen molar-refractivity contribution in [3.63, 3.8) is 0 Å². The zero-order valence-electron chi connectivity index (χ0n) is 13.1. The van der Waals surface area contributed by atoms with Crippen LogP contribution >= 0.6 is 0 Å². The average molecular weight is 291 g/mol. The molecule has 0 aromatic heterocycles. The summed E-state index contributed by atoms with van der Waals surface area (Å²) in [7, 11) is 1.65. The number of hydrogen-bond donors (Lipinski definition) is 1. The molecule has 1 aromatic rings. The van der Waals surface area contributed by atoms with Gasteiger partial charge >= 0.3 is 0 Å². The number of nitrogens with one attached hydrogen (secondary N) is 1. The summed E-state index contributed by atoms with van der Waals surface area (Å²) in [5, 5.41) is 2.99. The molecule has 0 saturated carbocycles. The number of amides is 1. The van der Waals surface area contributed by atoms with Crippen molar-refractivity contribution in [2.75, 3.05) is 20.3 Å². The van der Waals surface area contributed by atoms with E-state index in [1.54, 1.807) is 7.11 Å². The second kappa shape index (κ2) is 7.57. The molecule has 21 heavy (non-hydrogen) atoms. The van der Waals surface area contributed by atoms with Gasteiger partial charge in [-0.15, -0.1) is 0 Å². The number of carbonyl (C=O) groups is 1. The minimum Gasteiger partial charge on any atom is -0.377 e. The maximum atomic E-state index is 12.0. The Morgan fingerprint density at radius 2 is 2.05 bits per heavy atom. The third-order valence-electron chi connectivity index (χ3n) is 3.96. The number of ether oxygens (including phenoxy) is 2. The first-order chi connectivity index (χ1) is 10.1. The Morgan fingerprint density at radius 3 is 2.67 bits per heavy atom. The van der Waals surface area contributed by atoms with Gasteiger partial charge in [0.25, 0.3) is 0 Å². The lowest BCUT2D eigenvalue weighted by Crippen LogP contribution is -2.43. The third kappa shape index (κ3) is 4.55. The summed E-state index contributed by atoms with van der Waals surface area (Å²) < 4.78 is 10.6. The second-order valence-corrected chi connectivity index (χ2v) is 5.88. The molecule has 0 radical (unpaired) electrons. The van der Waals surface area contributed by atoms with Crippen molar-refractivity contribution in [1.29, 1.82) is 0 Å². The van der Waals surface area contributed by atoms with Gasteiger partial charge in [0.1, 0.15) is 6.10 Å². The molecule has 4 heteroatoms. The van der Waals surface area contributed by atoms with Gasteiger partial charge in [-0.3, -0.25) is 4.79 Å². The Labute approximate surface area is 126 Å². The fourth-order valence-corrected chi connectivity index (χ4v) is 2.51. The number of carbonyl (C=O) groups excluding carboxylic acids is 1. The lowest BCUT2D eigenvalue weighted by atomic mass is 10.0. The van der Waals surface area contributed by atoms with E-state index in [0.717, 1.165) is 6.42 Å². The molecule has 1 aromatic carbocycles. The molecule has 1 aliphatic rings. The van der Waals surface area contributed by atoms with Gasteiger partial charge in [-0.2, -0.15) is 0 Å². The number of benzene rings is 1. The molecule has 1 saturated heterocycles. The molecular weight excluding hydrogens is 266 g/mol. The maximum absolute atomic E-state index is 12.0. The van der Waals surface area contributed by atoms with Crippen LogP contribution in [-0.4, -0.2) is 38.4 Å². The van der Waals surface area contributed by atoms with Gasteiger partial charge < -0.3 is 14.8 Å². The normalized spacial score (nSPS) is 21.7. The predicted octanol–water partition coefficient (Wildman–Crippen LogP) is 2.27. The molecule has 4 nitrogen and oxygen atoms in total. The molecule has 1 N–H and O–H groups in total. The van der Waals surface area contributed by atoms with E-state index in [-0.39, 0.29) is 18.1 Å². The van der Waals surface area contributed by atoms with Crippen molar-refractivity contribution >= 4 is 5.91 Å². The SMILES string of the molecule is CO[C@@H]1COC[C@H]1NC(=O)CCc1ccc(C(C)C)cc1. The van der Waals surface area contributed by atoms with E-state index in [0.29, 0.717) is 25.6 Å². The topological polar surface area (TPSA) is 47.6 Å². The molecule has 0 bridgehead atoms. The zero-order chi connectivity index (χ0) is 15.2. The van der Waals surface area contributed by atoms with Crippen LogP contribution in [0.25, 0.3) is 0 Å². The highest BCUT2D eigenvalue weighted by Crippen LogP contribution is 2.15. The first kappa shape index (κ1) is 16.0. The predicted molar refractivity (Wildman–Crippen MR) is 82.4 cm³/mol. The van der Waals surface area contributed by atoms with Crippen molar-refractivity contribution < 1.29 is 14.3 Å². The molecule has 1 heterocycles. The van der Waals surface area contributed by atoms with Gasteiger partial charge in [0.15, 0.2) is 0 Å². The maximum Gasteiger partial charge on any atom is 0.220 e. The van der Waals surface area contributed by atoms with Crippen LogP contribution in [0.3, 0.4) is 0 Å². The van der Waals surface area contributed by atoms with E-state index in [4.69, 9.17) is 9.47 Å². The van der Waals surface area contributed by atoms with Crippen LogP contribution in [0, 0.1) is 0 Å². The van der Waals surface area contributed by atoms with E-state index in [9.17, 15) is 4.79 Å².